The van der Waals surface area contributed by atoms with E-state index < -0.39 is 0 Å². The molecule has 3 atom stereocenters. The lowest BCUT2D eigenvalue weighted by Crippen LogP contribution is -2.42. The summed E-state index contributed by atoms with van der Waals surface area (Å²) in [5.74, 6) is 1.94. The van der Waals surface area contributed by atoms with Crippen LogP contribution < -0.4 is 10.6 Å². The molecule has 3 unspecified atom stereocenters. The van der Waals surface area contributed by atoms with Gasteiger partial charge in [0.1, 0.15) is 0 Å². The third kappa shape index (κ3) is 6.13. The maximum atomic E-state index is 12.2. The molecule has 2 aliphatic rings. The molecule has 0 saturated carbocycles. The number of nitrogens with one attached hydrogen (secondary N) is 2. The van der Waals surface area contributed by atoms with Crippen LogP contribution >= 0.6 is 12.4 Å². The van der Waals surface area contributed by atoms with E-state index >= 15 is 0 Å². The molecule has 0 bridgehead atoms. The predicted molar refractivity (Wildman–Crippen MR) is 87.8 cm³/mol. The molecule has 0 aliphatic carbocycles. The topological polar surface area (TPSA) is 50.4 Å². The van der Waals surface area contributed by atoms with Crippen molar-refractivity contribution in [2.24, 2.45) is 17.8 Å². The largest absolute Gasteiger partial charge is 0.381 e. The monoisotopic (exact) mass is 318 g/mol. The van der Waals surface area contributed by atoms with E-state index in [-0.39, 0.29) is 24.4 Å². The van der Waals surface area contributed by atoms with Crippen molar-refractivity contribution in [3.63, 3.8) is 0 Å². The molecule has 21 heavy (non-hydrogen) atoms. The molecule has 2 fully saturated rings. The Morgan fingerprint density at radius 3 is 2.57 bits per heavy atom. The van der Waals surface area contributed by atoms with Crippen LogP contribution in [0, 0.1) is 17.8 Å². The van der Waals surface area contributed by atoms with Gasteiger partial charge in [0.2, 0.25) is 5.91 Å². The first kappa shape index (κ1) is 18.7. The van der Waals surface area contributed by atoms with Crippen LogP contribution in [0.1, 0.15) is 46.0 Å². The number of halogens is 1. The summed E-state index contributed by atoms with van der Waals surface area (Å²) in [6.45, 7) is 8.25. The Kier molecular flexibility index (Phi) is 8.60. The summed E-state index contributed by atoms with van der Waals surface area (Å²) in [4.78, 5) is 12.2. The van der Waals surface area contributed by atoms with Crippen LogP contribution in [0.25, 0.3) is 0 Å². The third-order valence-electron chi connectivity index (χ3n) is 5.01. The molecule has 0 spiro atoms. The second-order valence-corrected chi connectivity index (χ2v) is 6.59. The van der Waals surface area contributed by atoms with E-state index in [2.05, 4.69) is 24.5 Å². The van der Waals surface area contributed by atoms with E-state index in [1.54, 1.807) is 0 Å². The van der Waals surface area contributed by atoms with E-state index in [0.29, 0.717) is 24.2 Å². The molecule has 0 aromatic heterocycles. The molecule has 2 N–H and O–H groups in total. The Hall–Kier alpha value is -0.320. The number of hydrogen-bond acceptors (Lipinski definition) is 3. The van der Waals surface area contributed by atoms with E-state index in [4.69, 9.17) is 4.74 Å². The SMILES string of the molecule is CC(CC(=O)NC(C)C1CCOCC1)C1CCCNC1.Cl. The highest BCUT2D eigenvalue weighted by Gasteiger charge is 2.25. The average molecular weight is 319 g/mol. The minimum absolute atomic E-state index is 0. The molecule has 1 amide bonds. The lowest BCUT2D eigenvalue weighted by molar-refractivity contribution is -0.123. The molecule has 0 radical (unpaired) electrons. The standard InChI is InChI=1S/C16H30N2O2.ClH/c1-12(15-4-3-7-17-11-15)10-16(19)18-13(2)14-5-8-20-9-6-14;/h12-15,17H,3-11H2,1-2H3,(H,18,19);1H. The molecule has 4 nitrogen and oxygen atoms in total. The fourth-order valence-electron chi connectivity index (χ4n) is 3.47. The number of carbonyl (C=O) groups is 1. The summed E-state index contributed by atoms with van der Waals surface area (Å²) in [5.41, 5.74) is 0. The molecule has 2 aliphatic heterocycles. The summed E-state index contributed by atoms with van der Waals surface area (Å²) >= 11 is 0. The zero-order valence-electron chi connectivity index (χ0n) is 13.4. The van der Waals surface area contributed by atoms with Crippen molar-refractivity contribution in [3.8, 4) is 0 Å². The normalized spacial score (nSPS) is 26.5. The van der Waals surface area contributed by atoms with Crippen LogP contribution in [0.5, 0.6) is 0 Å². The zero-order valence-corrected chi connectivity index (χ0v) is 14.2. The molecule has 0 aromatic rings. The quantitative estimate of drug-likeness (QED) is 0.818. The van der Waals surface area contributed by atoms with Crippen molar-refractivity contribution in [1.29, 1.82) is 0 Å². The van der Waals surface area contributed by atoms with Crippen molar-refractivity contribution in [2.45, 2.75) is 52.0 Å². The number of piperidine rings is 1. The van der Waals surface area contributed by atoms with Gasteiger partial charge in [-0.15, -0.1) is 12.4 Å². The fourth-order valence-corrected chi connectivity index (χ4v) is 3.47. The second kappa shape index (κ2) is 9.65. The van der Waals surface area contributed by atoms with E-state index in [1.165, 1.54) is 12.8 Å². The van der Waals surface area contributed by atoms with Crippen LogP contribution in [0.4, 0.5) is 0 Å². The van der Waals surface area contributed by atoms with Gasteiger partial charge in [-0.3, -0.25) is 4.79 Å². The van der Waals surface area contributed by atoms with Crippen LogP contribution in [0.15, 0.2) is 0 Å². The maximum absolute atomic E-state index is 12.2. The van der Waals surface area contributed by atoms with Crippen LogP contribution in [-0.2, 0) is 9.53 Å². The predicted octanol–water partition coefficient (Wildman–Crippen LogP) is 2.37. The Morgan fingerprint density at radius 2 is 1.95 bits per heavy atom. The van der Waals surface area contributed by atoms with E-state index in [1.807, 2.05) is 0 Å². The first-order valence-corrected chi connectivity index (χ1v) is 8.24. The second-order valence-electron chi connectivity index (χ2n) is 6.59. The van der Waals surface area contributed by atoms with Crippen molar-refractivity contribution in [1.82, 2.24) is 10.6 Å². The highest BCUT2D eigenvalue weighted by Crippen LogP contribution is 2.23. The summed E-state index contributed by atoms with van der Waals surface area (Å²) in [6, 6.07) is 0.281. The van der Waals surface area contributed by atoms with Crippen LogP contribution in [-0.4, -0.2) is 38.3 Å². The summed E-state index contributed by atoms with van der Waals surface area (Å²) in [7, 11) is 0. The van der Waals surface area contributed by atoms with Crippen molar-refractivity contribution in [3.05, 3.63) is 0 Å². The Balaban J connectivity index is 0.00000220. The number of rotatable bonds is 5. The Bertz CT molecular complexity index is 275. The first-order chi connectivity index (χ1) is 9.66. The molecule has 2 heterocycles. The van der Waals surface area contributed by atoms with Gasteiger partial charge in [-0.05, 0) is 63.5 Å². The number of carbonyl (C=O) groups excluding carboxylic acids is 1. The van der Waals surface area contributed by atoms with Gasteiger partial charge in [-0.25, -0.2) is 0 Å². The summed E-state index contributed by atoms with van der Waals surface area (Å²) in [5, 5.41) is 6.64. The minimum atomic E-state index is 0. The van der Waals surface area contributed by atoms with Gasteiger partial charge < -0.3 is 15.4 Å². The van der Waals surface area contributed by atoms with Crippen LogP contribution in [0.3, 0.4) is 0 Å². The third-order valence-corrected chi connectivity index (χ3v) is 5.01. The van der Waals surface area contributed by atoms with Crippen molar-refractivity contribution >= 4 is 18.3 Å². The van der Waals surface area contributed by atoms with Crippen LogP contribution in [0.2, 0.25) is 0 Å². The number of amides is 1. The van der Waals surface area contributed by atoms with Gasteiger partial charge in [0.05, 0.1) is 0 Å². The number of hydrogen-bond donors (Lipinski definition) is 2. The molecule has 5 heteroatoms. The smallest absolute Gasteiger partial charge is 0.220 e. The molecule has 2 saturated heterocycles. The highest BCUT2D eigenvalue weighted by atomic mass is 35.5. The fraction of sp³-hybridized carbons (Fsp3) is 0.938. The molecule has 124 valence electrons. The number of ether oxygens (including phenoxy) is 1. The van der Waals surface area contributed by atoms with Gasteiger partial charge in [0, 0.05) is 25.7 Å². The Labute approximate surface area is 135 Å². The van der Waals surface area contributed by atoms with Gasteiger partial charge in [-0.2, -0.15) is 0 Å². The van der Waals surface area contributed by atoms with Crippen molar-refractivity contribution < 1.29 is 9.53 Å². The van der Waals surface area contributed by atoms with Gasteiger partial charge in [0.15, 0.2) is 0 Å². The van der Waals surface area contributed by atoms with Gasteiger partial charge >= 0.3 is 0 Å². The molecule has 0 aromatic carbocycles. The van der Waals surface area contributed by atoms with Gasteiger partial charge in [0.25, 0.3) is 0 Å². The van der Waals surface area contributed by atoms with E-state index in [9.17, 15) is 4.79 Å². The maximum Gasteiger partial charge on any atom is 0.220 e. The lowest BCUT2D eigenvalue weighted by atomic mass is 9.85. The average Bonchev–Trinajstić information content (AvgIpc) is 2.49. The summed E-state index contributed by atoms with van der Waals surface area (Å²) < 4.78 is 5.38. The minimum Gasteiger partial charge on any atom is -0.381 e. The van der Waals surface area contributed by atoms with Crippen molar-refractivity contribution in [2.75, 3.05) is 26.3 Å². The highest BCUT2D eigenvalue weighted by molar-refractivity contribution is 5.85. The van der Waals surface area contributed by atoms with Gasteiger partial charge in [-0.1, -0.05) is 6.92 Å². The lowest BCUT2D eigenvalue weighted by Gasteiger charge is -2.30. The first-order valence-electron chi connectivity index (χ1n) is 8.24. The zero-order chi connectivity index (χ0) is 14.4. The molecule has 2 rings (SSSR count). The molecular formula is C16H31ClN2O2. The molecular weight excluding hydrogens is 288 g/mol. The summed E-state index contributed by atoms with van der Waals surface area (Å²) in [6.07, 6.45) is 5.32. The Morgan fingerprint density at radius 1 is 1.24 bits per heavy atom. The van der Waals surface area contributed by atoms with E-state index in [0.717, 1.165) is 39.1 Å².